The topological polar surface area (TPSA) is 73.5 Å². The molecule has 0 atom stereocenters. The van der Waals surface area contributed by atoms with Gasteiger partial charge in [-0.3, -0.25) is 0 Å². The lowest BCUT2D eigenvalue weighted by Gasteiger charge is -2.06. The average Bonchev–Trinajstić information content (AvgIpc) is 3.12. The maximum atomic E-state index is 13.8. The Morgan fingerprint density at radius 1 is 1.36 bits per heavy atom. The zero-order chi connectivity index (χ0) is 15.1. The SMILES string of the molecule is Cn1c(NCc2nnnn2CC2CC2)nc2c(F)cccc21. The van der Waals surface area contributed by atoms with Gasteiger partial charge in [0.1, 0.15) is 5.52 Å². The zero-order valence-corrected chi connectivity index (χ0v) is 12.2. The van der Waals surface area contributed by atoms with Crippen LogP contribution in [0.25, 0.3) is 11.0 Å². The molecular formula is C14H16FN7. The number of tetrazole rings is 1. The van der Waals surface area contributed by atoms with E-state index in [2.05, 4.69) is 25.8 Å². The number of aromatic nitrogens is 6. The van der Waals surface area contributed by atoms with Gasteiger partial charge in [0.05, 0.1) is 12.1 Å². The predicted octanol–water partition coefficient (Wildman–Crippen LogP) is 1.72. The summed E-state index contributed by atoms with van der Waals surface area (Å²) in [4.78, 5) is 4.31. The van der Waals surface area contributed by atoms with E-state index in [4.69, 9.17) is 0 Å². The van der Waals surface area contributed by atoms with Crippen LogP contribution in [0.4, 0.5) is 10.3 Å². The molecule has 1 saturated carbocycles. The number of halogens is 1. The third-order valence-electron chi connectivity index (χ3n) is 4.00. The second-order valence-electron chi connectivity index (χ2n) is 5.68. The summed E-state index contributed by atoms with van der Waals surface area (Å²) in [5, 5.41) is 15.0. The fourth-order valence-electron chi connectivity index (χ4n) is 2.53. The van der Waals surface area contributed by atoms with Crippen LogP contribution in [0, 0.1) is 11.7 Å². The molecule has 1 aromatic carbocycles. The Kier molecular flexibility index (Phi) is 3.02. The Labute approximate surface area is 126 Å². The van der Waals surface area contributed by atoms with E-state index in [-0.39, 0.29) is 5.82 Å². The van der Waals surface area contributed by atoms with Crippen molar-refractivity contribution in [3.8, 4) is 0 Å². The van der Waals surface area contributed by atoms with Crippen LogP contribution in [-0.4, -0.2) is 29.8 Å². The van der Waals surface area contributed by atoms with Crippen LogP contribution in [0.15, 0.2) is 18.2 Å². The summed E-state index contributed by atoms with van der Waals surface area (Å²) in [6.07, 6.45) is 2.49. The first kappa shape index (κ1) is 13.2. The second-order valence-corrected chi connectivity index (χ2v) is 5.68. The molecule has 1 aliphatic carbocycles. The van der Waals surface area contributed by atoms with Crippen molar-refractivity contribution in [2.45, 2.75) is 25.9 Å². The van der Waals surface area contributed by atoms with Gasteiger partial charge in [0.2, 0.25) is 5.95 Å². The molecule has 0 aliphatic heterocycles. The molecule has 0 spiro atoms. The van der Waals surface area contributed by atoms with Gasteiger partial charge in [-0.15, -0.1) is 5.10 Å². The number of anilines is 1. The maximum Gasteiger partial charge on any atom is 0.204 e. The molecule has 0 amide bonds. The molecule has 1 aliphatic rings. The standard InChI is InChI=1S/C14H16FN7/c1-21-11-4-2-3-10(15)13(11)17-14(21)16-7-12-18-19-20-22(12)8-9-5-6-9/h2-4,9H,5-8H2,1H3,(H,16,17). The molecule has 2 aromatic heterocycles. The van der Waals surface area contributed by atoms with Crippen LogP contribution in [-0.2, 0) is 20.1 Å². The minimum Gasteiger partial charge on any atom is -0.348 e. The minimum absolute atomic E-state index is 0.320. The lowest BCUT2D eigenvalue weighted by atomic mass is 10.3. The van der Waals surface area contributed by atoms with Crippen LogP contribution >= 0.6 is 0 Å². The van der Waals surface area contributed by atoms with Crippen LogP contribution in [0.1, 0.15) is 18.7 Å². The normalized spacial score (nSPS) is 14.6. The monoisotopic (exact) mass is 301 g/mol. The van der Waals surface area contributed by atoms with E-state index < -0.39 is 0 Å². The summed E-state index contributed by atoms with van der Waals surface area (Å²) in [7, 11) is 1.85. The summed E-state index contributed by atoms with van der Waals surface area (Å²) in [6.45, 7) is 1.32. The van der Waals surface area contributed by atoms with E-state index in [1.54, 1.807) is 6.07 Å². The molecule has 0 unspecified atom stereocenters. The highest BCUT2D eigenvalue weighted by Gasteiger charge is 2.23. The molecule has 3 aromatic rings. The number of benzene rings is 1. The van der Waals surface area contributed by atoms with Crippen molar-refractivity contribution >= 4 is 17.0 Å². The molecule has 22 heavy (non-hydrogen) atoms. The highest BCUT2D eigenvalue weighted by molar-refractivity contribution is 5.79. The highest BCUT2D eigenvalue weighted by Crippen LogP contribution is 2.30. The van der Waals surface area contributed by atoms with E-state index in [1.807, 2.05) is 22.4 Å². The van der Waals surface area contributed by atoms with Crippen LogP contribution in [0.3, 0.4) is 0 Å². The zero-order valence-electron chi connectivity index (χ0n) is 12.2. The third-order valence-corrected chi connectivity index (χ3v) is 4.00. The van der Waals surface area contributed by atoms with E-state index >= 15 is 0 Å². The smallest absolute Gasteiger partial charge is 0.204 e. The van der Waals surface area contributed by atoms with Gasteiger partial charge in [-0.2, -0.15) is 0 Å². The van der Waals surface area contributed by atoms with Crippen molar-refractivity contribution in [3.05, 3.63) is 29.8 Å². The van der Waals surface area contributed by atoms with Gasteiger partial charge in [-0.1, -0.05) is 6.07 Å². The summed E-state index contributed by atoms with van der Waals surface area (Å²) < 4.78 is 17.4. The van der Waals surface area contributed by atoms with E-state index in [0.717, 1.165) is 17.9 Å². The quantitative estimate of drug-likeness (QED) is 0.777. The van der Waals surface area contributed by atoms with Gasteiger partial charge in [0.25, 0.3) is 0 Å². The van der Waals surface area contributed by atoms with Crippen LogP contribution in [0.5, 0.6) is 0 Å². The van der Waals surface area contributed by atoms with Crippen LogP contribution in [0.2, 0.25) is 0 Å². The molecule has 0 saturated heterocycles. The number of imidazole rings is 1. The van der Waals surface area contributed by atoms with Crippen molar-refractivity contribution < 1.29 is 4.39 Å². The van der Waals surface area contributed by atoms with E-state index in [1.165, 1.54) is 18.9 Å². The summed E-state index contributed by atoms with van der Waals surface area (Å²) in [5.41, 5.74) is 1.12. The van der Waals surface area contributed by atoms with Gasteiger partial charge >= 0.3 is 0 Å². The lowest BCUT2D eigenvalue weighted by Crippen LogP contribution is -2.13. The molecule has 0 radical (unpaired) electrons. The van der Waals surface area contributed by atoms with Gasteiger partial charge in [0, 0.05) is 13.6 Å². The molecule has 1 fully saturated rings. The molecule has 2 heterocycles. The third kappa shape index (κ3) is 2.30. The number of nitrogens with zero attached hydrogens (tertiary/aromatic N) is 6. The largest absolute Gasteiger partial charge is 0.348 e. The summed E-state index contributed by atoms with van der Waals surface area (Å²) >= 11 is 0. The van der Waals surface area contributed by atoms with E-state index in [0.29, 0.717) is 23.9 Å². The molecular weight excluding hydrogens is 285 g/mol. The Morgan fingerprint density at radius 2 is 2.23 bits per heavy atom. The highest BCUT2D eigenvalue weighted by atomic mass is 19.1. The van der Waals surface area contributed by atoms with Crippen molar-refractivity contribution in [1.29, 1.82) is 0 Å². The van der Waals surface area contributed by atoms with Crippen LogP contribution < -0.4 is 5.32 Å². The van der Waals surface area contributed by atoms with Gasteiger partial charge in [-0.05, 0) is 41.3 Å². The fraction of sp³-hybridized carbons (Fsp3) is 0.429. The minimum atomic E-state index is -0.320. The van der Waals surface area contributed by atoms with Gasteiger partial charge in [-0.25, -0.2) is 14.1 Å². The molecule has 0 bridgehead atoms. The fourth-order valence-corrected chi connectivity index (χ4v) is 2.53. The lowest BCUT2D eigenvalue weighted by molar-refractivity contribution is 0.526. The number of fused-ring (bicyclic) bond motifs is 1. The average molecular weight is 301 g/mol. The number of hydrogen-bond donors (Lipinski definition) is 1. The number of rotatable bonds is 5. The first-order valence-electron chi connectivity index (χ1n) is 7.32. The van der Waals surface area contributed by atoms with Crippen molar-refractivity contribution in [2.75, 3.05) is 5.32 Å². The van der Waals surface area contributed by atoms with Gasteiger partial charge < -0.3 is 9.88 Å². The second kappa shape index (κ2) is 5.04. The number of para-hydroxylation sites is 1. The number of aryl methyl sites for hydroxylation is 1. The Bertz CT molecular complexity index is 818. The first-order valence-corrected chi connectivity index (χ1v) is 7.32. The first-order chi connectivity index (χ1) is 10.7. The molecule has 114 valence electrons. The molecule has 7 nitrogen and oxygen atoms in total. The Balaban J connectivity index is 1.55. The van der Waals surface area contributed by atoms with Crippen molar-refractivity contribution in [3.63, 3.8) is 0 Å². The number of nitrogens with one attached hydrogen (secondary N) is 1. The Morgan fingerprint density at radius 3 is 3.00 bits per heavy atom. The van der Waals surface area contributed by atoms with Crippen molar-refractivity contribution in [2.24, 2.45) is 13.0 Å². The van der Waals surface area contributed by atoms with E-state index in [9.17, 15) is 4.39 Å². The summed E-state index contributed by atoms with van der Waals surface area (Å²) in [5.74, 6) is 1.74. The molecule has 1 N–H and O–H groups in total. The number of hydrogen-bond acceptors (Lipinski definition) is 5. The molecule has 4 rings (SSSR count). The predicted molar refractivity (Wildman–Crippen MR) is 78.5 cm³/mol. The summed E-state index contributed by atoms with van der Waals surface area (Å²) in [6, 6.07) is 4.93. The maximum absolute atomic E-state index is 13.8. The Hall–Kier alpha value is -2.51. The molecule has 8 heteroatoms. The van der Waals surface area contributed by atoms with Crippen molar-refractivity contribution in [1.82, 2.24) is 29.8 Å². The van der Waals surface area contributed by atoms with Gasteiger partial charge in [0.15, 0.2) is 11.6 Å².